The van der Waals surface area contributed by atoms with Crippen LogP contribution in [-0.4, -0.2) is 18.7 Å². The van der Waals surface area contributed by atoms with E-state index in [4.69, 9.17) is 18.2 Å². The van der Waals surface area contributed by atoms with Crippen LogP contribution in [0.2, 0.25) is 0 Å². The zero-order chi connectivity index (χ0) is 49.9. The fourth-order valence-corrected chi connectivity index (χ4v) is 12.8. The molecule has 17 rings (SSSR count). The van der Waals surface area contributed by atoms with Crippen molar-refractivity contribution in [1.82, 2.24) is 18.7 Å². The third kappa shape index (κ3) is 5.12. The molecule has 0 atom stereocenters. The molecule has 17 aromatic rings. The van der Waals surface area contributed by atoms with Crippen LogP contribution in [0, 0.1) is 22.7 Å². The van der Waals surface area contributed by atoms with Crippen LogP contribution in [0.5, 0.6) is 0 Å². The van der Waals surface area contributed by atoms with E-state index in [2.05, 4.69) is 117 Å². The van der Waals surface area contributed by atoms with Gasteiger partial charge in [-0.15, -0.1) is 0 Å². The van der Waals surface area contributed by atoms with E-state index in [0.717, 1.165) is 131 Å². The largest absolute Gasteiger partial charge is 0.455 e. The molecule has 350 valence electrons. The summed E-state index contributed by atoms with van der Waals surface area (Å²) >= 11 is 0. The Kier molecular flexibility index (Phi) is 7.96. The first-order chi connectivity index (χ1) is 37.7. The van der Waals surface area contributed by atoms with Crippen LogP contribution >= 0.6 is 0 Å². The first-order valence-electron chi connectivity index (χ1n) is 25.2. The van der Waals surface area contributed by atoms with E-state index in [1.165, 1.54) is 0 Å². The monoisotopic (exact) mass is 970 g/mol. The molecule has 0 N–H and O–H groups in total. The minimum absolute atomic E-state index is 0.321. The maximum absolute atomic E-state index is 12.6. The van der Waals surface area contributed by atoms with Crippen molar-refractivity contribution in [2.75, 3.05) is 0 Å². The molecule has 9 nitrogen and oxygen atoms in total. The third-order valence-corrected chi connectivity index (χ3v) is 15.8. The average Bonchev–Trinajstić information content (AvgIpc) is 4.44. The van der Waals surface area contributed by atoms with Gasteiger partial charge in [0.2, 0.25) is 0 Å². The Hall–Kier alpha value is -10.9. The summed E-state index contributed by atoms with van der Waals surface area (Å²) in [6.45, 7) is 0. The molecular formula is C67H34N6O3. The normalized spacial score (nSPS) is 12.2. The van der Waals surface area contributed by atoms with Crippen LogP contribution in [0.1, 0.15) is 11.1 Å². The van der Waals surface area contributed by atoms with Gasteiger partial charge >= 0.3 is 0 Å². The van der Waals surface area contributed by atoms with Crippen LogP contribution in [0.25, 0.3) is 160 Å². The molecule has 76 heavy (non-hydrogen) atoms. The van der Waals surface area contributed by atoms with Gasteiger partial charge in [0.1, 0.15) is 51.2 Å². The highest BCUT2D eigenvalue weighted by molar-refractivity contribution is 6.27. The number of aromatic nitrogens is 4. The van der Waals surface area contributed by atoms with Gasteiger partial charge < -0.3 is 27.0 Å². The smallest absolute Gasteiger partial charge is 0.145 e. The number of hydrogen-bond acceptors (Lipinski definition) is 6. The van der Waals surface area contributed by atoms with E-state index in [0.29, 0.717) is 39.4 Å². The predicted molar refractivity (Wildman–Crippen MR) is 304 cm³/mol. The second-order valence-corrected chi connectivity index (χ2v) is 19.5. The standard InChI is InChI=1S/C67H34N6O3/c68-35-46-58(48-21-13-14-34-70-48)62(71-49-22-7-1-18-43(49)59-52(71)31-28-40-37-15-4-10-25-55(37)74-65(40)59)47(36-69)64(73-51-24-9-3-20-45(51)61-54(73)33-30-42-39-17-6-12-27-57(39)76-67(42)61)63(46)72-50-23-8-2-19-44(50)60-53(72)32-29-41-38-16-5-11-26-56(38)75-66(41)60/h1-34H. The molecule has 0 spiro atoms. The highest BCUT2D eigenvalue weighted by Gasteiger charge is 2.35. The summed E-state index contributed by atoms with van der Waals surface area (Å²) < 4.78 is 27.0. The fraction of sp³-hybridized carbons (Fsp3) is 0. The lowest BCUT2D eigenvalue weighted by atomic mass is 9.93. The lowest BCUT2D eigenvalue weighted by Gasteiger charge is -2.25. The maximum Gasteiger partial charge on any atom is 0.145 e. The molecule has 0 amide bonds. The third-order valence-electron chi connectivity index (χ3n) is 15.8. The van der Waals surface area contributed by atoms with Crippen molar-refractivity contribution in [3.63, 3.8) is 0 Å². The molecule has 0 radical (unpaired) electrons. The quantitative estimate of drug-likeness (QED) is 0.173. The van der Waals surface area contributed by atoms with Crippen molar-refractivity contribution in [2.45, 2.75) is 0 Å². The summed E-state index contributed by atoms with van der Waals surface area (Å²) in [6, 6.07) is 73.2. The van der Waals surface area contributed by atoms with Crippen molar-refractivity contribution < 1.29 is 13.3 Å². The lowest BCUT2D eigenvalue weighted by Crippen LogP contribution is -2.14. The van der Waals surface area contributed by atoms with Gasteiger partial charge in [-0.2, -0.15) is 10.5 Å². The Bertz CT molecular complexity index is 5510. The highest BCUT2D eigenvalue weighted by atomic mass is 16.3. The molecule has 0 bridgehead atoms. The summed E-state index contributed by atoms with van der Waals surface area (Å²) in [4.78, 5) is 5.07. The van der Waals surface area contributed by atoms with E-state index in [1.54, 1.807) is 6.20 Å². The highest BCUT2D eigenvalue weighted by Crippen LogP contribution is 2.51. The van der Waals surface area contributed by atoms with Gasteiger partial charge in [-0.05, 0) is 84.9 Å². The molecular weight excluding hydrogens is 937 g/mol. The molecule has 7 aromatic heterocycles. The van der Waals surface area contributed by atoms with E-state index < -0.39 is 0 Å². The number of para-hydroxylation sites is 6. The van der Waals surface area contributed by atoms with Crippen molar-refractivity contribution in [3.8, 4) is 40.5 Å². The minimum atomic E-state index is 0.321. The molecule has 7 heterocycles. The number of nitriles is 2. The summed E-state index contributed by atoms with van der Waals surface area (Å²) in [5.74, 6) is 0. The molecule has 0 unspecified atom stereocenters. The van der Waals surface area contributed by atoms with E-state index in [1.807, 2.05) is 109 Å². The molecule has 0 saturated carbocycles. The van der Waals surface area contributed by atoms with Gasteiger partial charge in [0.05, 0.1) is 77.6 Å². The maximum atomic E-state index is 12.6. The number of pyridine rings is 1. The Balaban J connectivity index is 1.14. The fourth-order valence-electron chi connectivity index (χ4n) is 12.8. The van der Waals surface area contributed by atoms with Gasteiger partial charge in [-0.3, -0.25) is 4.98 Å². The summed E-state index contributed by atoms with van der Waals surface area (Å²) in [6.07, 6.45) is 1.74. The molecule has 0 aliphatic carbocycles. The van der Waals surface area contributed by atoms with Crippen molar-refractivity contribution in [1.29, 1.82) is 10.5 Å². The van der Waals surface area contributed by atoms with Gasteiger partial charge in [-0.1, -0.05) is 115 Å². The Morgan fingerprint density at radius 1 is 0.316 bits per heavy atom. The molecule has 9 heteroatoms. The minimum Gasteiger partial charge on any atom is -0.455 e. The summed E-state index contributed by atoms with van der Waals surface area (Å²) in [5.41, 5.74) is 12.7. The predicted octanol–water partition coefficient (Wildman–Crippen LogP) is 17.5. The Morgan fingerprint density at radius 2 is 0.671 bits per heavy atom. The van der Waals surface area contributed by atoms with Crippen molar-refractivity contribution >= 4 is 131 Å². The zero-order valence-corrected chi connectivity index (χ0v) is 40.0. The van der Waals surface area contributed by atoms with Crippen LogP contribution in [0.3, 0.4) is 0 Å². The summed E-state index contributed by atoms with van der Waals surface area (Å²) in [7, 11) is 0. The number of benzene rings is 10. The molecule has 0 aliphatic heterocycles. The lowest BCUT2D eigenvalue weighted by molar-refractivity contribution is 0.672. The van der Waals surface area contributed by atoms with Gasteiger partial charge in [-0.25, -0.2) is 0 Å². The van der Waals surface area contributed by atoms with E-state index >= 15 is 0 Å². The Morgan fingerprint density at radius 3 is 1.07 bits per heavy atom. The van der Waals surface area contributed by atoms with Gasteiger partial charge in [0, 0.05) is 60.2 Å². The number of hydrogen-bond donors (Lipinski definition) is 0. The van der Waals surface area contributed by atoms with E-state index in [-0.39, 0.29) is 0 Å². The van der Waals surface area contributed by atoms with Crippen LogP contribution in [0.4, 0.5) is 0 Å². The van der Waals surface area contributed by atoms with Crippen LogP contribution < -0.4 is 0 Å². The van der Waals surface area contributed by atoms with Crippen LogP contribution in [0.15, 0.2) is 220 Å². The number of nitrogens with zero attached hydrogens (tertiary/aromatic N) is 6. The first kappa shape index (κ1) is 40.7. The molecule has 0 fully saturated rings. The molecule has 0 aliphatic rings. The molecule has 0 saturated heterocycles. The first-order valence-corrected chi connectivity index (χ1v) is 25.2. The van der Waals surface area contributed by atoms with Crippen molar-refractivity contribution in [2.24, 2.45) is 0 Å². The van der Waals surface area contributed by atoms with E-state index in [9.17, 15) is 10.5 Å². The summed E-state index contributed by atoms with van der Waals surface area (Å²) in [5, 5.41) is 36.5. The second kappa shape index (κ2) is 14.9. The average molecular weight is 971 g/mol. The van der Waals surface area contributed by atoms with Crippen LogP contribution in [-0.2, 0) is 0 Å². The Labute approximate surface area is 429 Å². The SMILES string of the molecule is N#Cc1c(-c2ccccn2)c(-n2c3ccccc3c3c4oc5ccccc5c4ccc32)c(C#N)c(-n2c3ccccc3c3c4oc5ccccc5c4ccc32)c1-n1c2ccccc2c2c3oc4ccccc4c3ccc21. The zero-order valence-electron chi connectivity index (χ0n) is 40.0. The number of furan rings is 3. The second-order valence-electron chi connectivity index (χ2n) is 19.5. The molecule has 10 aromatic carbocycles. The van der Waals surface area contributed by atoms with Gasteiger partial charge in [0.25, 0.3) is 0 Å². The van der Waals surface area contributed by atoms with Crippen molar-refractivity contribution in [3.05, 3.63) is 218 Å². The number of rotatable bonds is 4. The topological polar surface area (TPSA) is 115 Å². The number of fused-ring (bicyclic) bond motifs is 21. The van der Waals surface area contributed by atoms with Gasteiger partial charge in [0.15, 0.2) is 0 Å².